The van der Waals surface area contributed by atoms with E-state index in [1.54, 1.807) is 0 Å². The zero-order valence-corrected chi connectivity index (χ0v) is 14.2. The van der Waals surface area contributed by atoms with Gasteiger partial charge in [0.2, 0.25) is 0 Å². The van der Waals surface area contributed by atoms with Gasteiger partial charge in [-0.05, 0) is 37.1 Å². The Morgan fingerprint density at radius 3 is 2.48 bits per heavy atom. The van der Waals surface area contributed by atoms with Crippen molar-refractivity contribution in [2.45, 2.75) is 19.0 Å². The third kappa shape index (κ3) is 4.18. The van der Waals surface area contributed by atoms with Gasteiger partial charge in [0.15, 0.2) is 0 Å². The molecule has 2 amide bonds. The van der Waals surface area contributed by atoms with Gasteiger partial charge >= 0.3 is 6.18 Å². The van der Waals surface area contributed by atoms with Crippen molar-refractivity contribution in [3.05, 3.63) is 53.3 Å². The number of alkyl halides is 3. The number of amides is 2. The Labute approximate surface area is 153 Å². The Balaban J connectivity index is 1.96. The summed E-state index contributed by atoms with van der Waals surface area (Å²) in [6.45, 7) is 1.27. The van der Waals surface area contributed by atoms with Gasteiger partial charge in [-0.25, -0.2) is 0 Å². The van der Waals surface area contributed by atoms with Crippen LogP contribution in [0.15, 0.2) is 36.7 Å². The van der Waals surface area contributed by atoms with E-state index in [1.165, 1.54) is 24.5 Å². The molecule has 1 saturated heterocycles. The molecule has 1 aromatic heterocycles. The van der Waals surface area contributed by atoms with Crippen molar-refractivity contribution >= 4 is 23.2 Å². The third-order valence-electron chi connectivity index (χ3n) is 4.31. The highest BCUT2D eigenvalue weighted by atomic mass is 19.4. The predicted molar refractivity (Wildman–Crippen MR) is 93.6 cm³/mol. The number of hydrogen-bond donors (Lipinski definition) is 2. The molecule has 0 radical (unpaired) electrons. The number of hydrogen-bond acceptors (Lipinski definition) is 4. The van der Waals surface area contributed by atoms with E-state index in [0.29, 0.717) is 18.8 Å². The van der Waals surface area contributed by atoms with E-state index in [1.807, 2.05) is 4.90 Å². The average Bonchev–Trinajstić information content (AvgIpc) is 3.15. The van der Waals surface area contributed by atoms with Crippen molar-refractivity contribution in [1.82, 2.24) is 4.98 Å². The van der Waals surface area contributed by atoms with Gasteiger partial charge in [-0.3, -0.25) is 14.6 Å². The Kier molecular flexibility index (Phi) is 5.02. The highest BCUT2D eigenvalue weighted by molar-refractivity contribution is 6.09. The van der Waals surface area contributed by atoms with Crippen LogP contribution in [0.3, 0.4) is 0 Å². The first kappa shape index (κ1) is 18.7. The number of carbonyl (C=O) groups is 2. The first-order valence-electron chi connectivity index (χ1n) is 8.28. The molecular formula is C18H17F3N4O2. The molecule has 1 aliphatic heterocycles. The highest BCUT2D eigenvalue weighted by Crippen LogP contribution is 2.34. The smallest absolute Gasteiger partial charge is 0.372 e. The molecular weight excluding hydrogens is 361 g/mol. The molecule has 0 bridgehead atoms. The molecule has 6 nitrogen and oxygen atoms in total. The lowest BCUT2D eigenvalue weighted by atomic mass is 10.1. The molecule has 0 saturated carbocycles. The van der Waals surface area contributed by atoms with Crippen molar-refractivity contribution in [1.29, 1.82) is 0 Å². The van der Waals surface area contributed by atoms with Crippen LogP contribution in [0.5, 0.6) is 0 Å². The normalized spacial score (nSPS) is 14.3. The zero-order valence-electron chi connectivity index (χ0n) is 14.2. The lowest BCUT2D eigenvalue weighted by molar-refractivity contribution is -0.137. The summed E-state index contributed by atoms with van der Waals surface area (Å²) in [5.74, 6) is -1.57. The molecule has 1 aromatic carbocycles. The molecule has 0 unspecified atom stereocenters. The maximum atomic E-state index is 13.3. The number of carbonyl (C=O) groups excluding carboxylic acids is 2. The average molecular weight is 378 g/mol. The molecule has 2 aromatic rings. The quantitative estimate of drug-likeness (QED) is 0.856. The summed E-state index contributed by atoms with van der Waals surface area (Å²) >= 11 is 0. The topological polar surface area (TPSA) is 88.3 Å². The second-order valence-electron chi connectivity index (χ2n) is 6.20. The molecule has 0 atom stereocenters. The molecule has 0 aliphatic carbocycles. The van der Waals surface area contributed by atoms with Gasteiger partial charge < -0.3 is 16.0 Å². The number of nitrogens with zero attached hydrogens (tertiary/aromatic N) is 2. The Morgan fingerprint density at radius 2 is 1.85 bits per heavy atom. The van der Waals surface area contributed by atoms with Crippen LogP contribution >= 0.6 is 0 Å². The standard InChI is InChI=1S/C18H17F3N4O2/c19-18(20,21)12-7-11(8-13(9-12)25-5-1-2-6-25)17(27)24-15-3-4-23-10-14(15)16(22)26/h3-4,7-10H,1-2,5-6H2,(H2,22,26)(H,23,24,27). The fourth-order valence-electron chi connectivity index (χ4n) is 2.96. The van der Waals surface area contributed by atoms with E-state index in [4.69, 9.17) is 5.73 Å². The Hall–Kier alpha value is -3.10. The van der Waals surface area contributed by atoms with E-state index in [9.17, 15) is 22.8 Å². The Bertz CT molecular complexity index is 877. The van der Waals surface area contributed by atoms with Crippen molar-refractivity contribution in [3.63, 3.8) is 0 Å². The van der Waals surface area contributed by atoms with Gasteiger partial charge in [0, 0.05) is 36.7 Å². The van der Waals surface area contributed by atoms with E-state index in [0.717, 1.165) is 25.0 Å². The van der Waals surface area contributed by atoms with Crippen LogP contribution in [0.2, 0.25) is 0 Å². The minimum Gasteiger partial charge on any atom is -0.372 e. The fraction of sp³-hybridized carbons (Fsp3) is 0.278. The number of nitrogens with one attached hydrogen (secondary N) is 1. The number of pyridine rings is 1. The largest absolute Gasteiger partial charge is 0.416 e. The lowest BCUT2D eigenvalue weighted by Crippen LogP contribution is -2.22. The van der Waals surface area contributed by atoms with Crippen LogP contribution in [-0.2, 0) is 6.18 Å². The number of benzene rings is 1. The number of aromatic nitrogens is 1. The summed E-state index contributed by atoms with van der Waals surface area (Å²) in [4.78, 5) is 29.6. The minimum absolute atomic E-state index is 0.0300. The monoisotopic (exact) mass is 378 g/mol. The van der Waals surface area contributed by atoms with Gasteiger partial charge in [-0.15, -0.1) is 0 Å². The second-order valence-corrected chi connectivity index (χ2v) is 6.20. The van der Waals surface area contributed by atoms with Crippen molar-refractivity contribution in [2.75, 3.05) is 23.3 Å². The molecule has 9 heteroatoms. The van der Waals surface area contributed by atoms with Gasteiger partial charge in [0.25, 0.3) is 11.8 Å². The second kappa shape index (κ2) is 7.26. The summed E-state index contributed by atoms with van der Waals surface area (Å²) < 4.78 is 39.8. The van der Waals surface area contributed by atoms with Crippen molar-refractivity contribution in [2.24, 2.45) is 5.73 Å². The van der Waals surface area contributed by atoms with Gasteiger partial charge in [0.05, 0.1) is 16.8 Å². The number of rotatable bonds is 4. The maximum Gasteiger partial charge on any atom is 0.416 e. The summed E-state index contributed by atoms with van der Waals surface area (Å²) in [7, 11) is 0. The van der Waals surface area contributed by atoms with Crippen LogP contribution in [-0.4, -0.2) is 29.9 Å². The number of halogens is 3. The lowest BCUT2D eigenvalue weighted by Gasteiger charge is -2.20. The van der Waals surface area contributed by atoms with Crippen LogP contribution in [0, 0.1) is 0 Å². The molecule has 0 spiro atoms. The molecule has 1 fully saturated rings. The van der Waals surface area contributed by atoms with Gasteiger partial charge in [-0.1, -0.05) is 0 Å². The van der Waals surface area contributed by atoms with Gasteiger partial charge in [0.1, 0.15) is 0 Å². The molecule has 1 aliphatic rings. The zero-order chi connectivity index (χ0) is 19.6. The Morgan fingerprint density at radius 1 is 1.15 bits per heavy atom. The van der Waals surface area contributed by atoms with E-state index in [2.05, 4.69) is 10.3 Å². The maximum absolute atomic E-state index is 13.3. The summed E-state index contributed by atoms with van der Waals surface area (Å²) in [6.07, 6.45) is -0.295. The highest BCUT2D eigenvalue weighted by Gasteiger charge is 2.32. The van der Waals surface area contributed by atoms with Crippen molar-refractivity contribution < 1.29 is 22.8 Å². The molecule has 2 heterocycles. The summed E-state index contributed by atoms with van der Waals surface area (Å²) in [5, 5.41) is 2.44. The van der Waals surface area contributed by atoms with E-state index in [-0.39, 0.29) is 16.8 Å². The fourth-order valence-corrected chi connectivity index (χ4v) is 2.96. The summed E-state index contributed by atoms with van der Waals surface area (Å²) in [5.41, 5.74) is 4.58. The van der Waals surface area contributed by atoms with Crippen LogP contribution in [0.25, 0.3) is 0 Å². The molecule has 27 heavy (non-hydrogen) atoms. The number of primary amides is 1. The minimum atomic E-state index is -4.58. The van der Waals surface area contributed by atoms with Crippen molar-refractivity contribution in [3.8, 4) is 0 Å². The van der Waals surface area contributed by atoms with E-state index < -0.39 is 23.6 Å². The summed E-state index contributed by atoms with van der Waals surface area (Å²) in [6, 6.07) is 4.61. The van der Waals surface area contributed by atoms with Crippen LogP contribution < -0.4 is 16.0 Å². The predicted octanol–water partition coefficient (Wildman–Crippen LogP) is 3.05. The van der Waals surface area contributed by atoms with Crippen LogP contribution in [0.4, 0.5) is 24.5 Å². The van der Waals surface area contributed by atoms with Crippen LogP contribution in [0.1, 0.15) is 39.1 Å². The first-order valence-corrected chi connectivity index (χ1v) is 8.28. The number of nitrogens with two attached hydrogens (primary N) is 1. The number of anilines is 2. The van der Waals surface area contributed by atoms with Gasteiger partial charge in [-0.2, -0.15) is 13.2 Å². The molecule has 3 N–H and O–H groups in total. The van der Waals surface area contributed by atoms with E-state index >= 15 is 0 Å². The first-order chi connectivity index (χ1) is 12.8. The molecule has 3 rings (SSSR count). The molecule has 142 valence electrons. The third-order valence-corrected chi connectivity index (χ3v) is 4.31. The SMILES string of the molecule is NC(=O)c1cnccc1NC(=O)c1cc(N2CCCC2)cc(C(F)(F)F)c1.